The molecule has 3 rings (SSSR count). The smallest absolute Gasteiger partial charge is 0.194 e. The highest BCUT2D eigenvalue weighted by atomic mass is 127. The maximum Gasteiger partial charge on any atom is 0.194 e. The molecule has 0 radical (unpaired) electrons. The van der Waals surface area contributed by atoms with Crippen LogP contribution in [0.5, 0.6) is 11.5 Å². The lowest BCUT2D eigenvalue weighted by Gasteiger charge is -2.36. The normalized spacial score (nSPS) is 14.8. The molecule has 2 aromatic rings. The van der Waals surface area contributed by atoms with Crippen LogP contribution in [0.15, 0.2) is 39.8 Å². The van der Waals surface area contributed by atoms with Crippen molar-refractivity contribution in [2.24, 2.45) is 4.99 Å². The van der Waals surface area contributed by atoms with E-state index in [1.807, 2.05) is 37.3 Å². The summed E-state index contributed by atoms with van der Waals surface area (Å²) >= 11 is 0. The van der Waals surface area contributed by atoms with Gasteiger partial charge < -0.3 is 24.2 Å². The molecular formula is C22H34IN5O3. The number of guanidine groups is 1. The van der Waals surface area contributed by atoms with E-state index in [1.54, 1.807) is 7.11 Å². The molecule has 1 aromatic carbocycles. The third kappa shape index (κ3) is 8.21. The third-order valence-electron chi connectivity index (χ3n) is 4.94. The molecular weight excluding hydrogens is 509 g/mol. The summed E-state index contributed by atoms with van der Waals surface area (Å²) in [4.78, 5) is 9.53. The number of nitrogens with zero attached hydrogens (tertiary/aromatic N) is 4. The van der Waals surface area contributed by atoms with Gasteiger partial charge in [0.25, 0.3) is 0 Å². The number of aromatic nitrogens is 1. The molecule has 1 aliphatic rings. The second-order valence-electron chi connectivity index (χ2n) is 7.31. The van der Waals surface area contributed by atoms with Gasteiger partial charge >= 0.3 is 0 Å². The van der Waals surface area contributed by atoms with E-state index in [9.17, 15) is 0 Å². The van der Waals surface area contributed by atoms with E-state index in [0.29, 0.717) is 6.61 Å². The lowest BCUT2D eigenvalue weighted by Crippen LogP contribution is -2.52. The minimum atomic E-state index is 0. The van der Waals surface area contributed by atoms with Gasteiger partial charge in [-0.25, -0.2) is 0 Å². The Bertz CT molecular complexity index is 806. The lowest BCUT2D eigenvalue weighted by atomic mass is 10.3. The molecule has 2 heterocycles. The van der Waals surface area contributed by atoms with Crippen molar-refractivity contribution in [1.29, 1.82) is 0 Å². The molecule has 0 spiro atoms. The number of ether oxygens (including phenoxy) is 2. The van der Waals surface area contributed by atoms with Gasteiger partial charge in [-0.3, -0.25) is 9.89 Å². The molecule has 8 nitrogen and oxygen atoms in total. The van der Waals surface area contributed by atoms with Crippen molar-refractivity contribution in [1.82, 2.24) is 20.3 Å². The Hall–Kier alpha value is -2.01. The number of hydrogen-bond acceptors (Lipinski definition) is 6. The summed E-state index contributed by atoms with van der Waals surface area (Å²) in [7, 11) is 1.66. The number of rotatable bonds is 9. The Balaban J connectivity index is 0.00000341. The number of aliphatic imine (C=N–C) groups is 1. The molecule has 31 heavy (non-hydrogen) atoms. The van der Waals surface area contributed by atoms with E-state index in [-0.39, 0.29) is 24.0 Å². The largest absolute Gasteiger partial charge is 0.497 e. The van der Waals surface area contributed by atoms with Crippen LogP contribution in [0.2, 0.25) is 0 Å². The molecule has 1 aliphatic heterocycles. The standard InChI is InChI=1S/C22H33N5O3.HI/c1-4-23-22(24-9-6-14-29-21-8-5-7-20(16-21)28-3)27-12-10-26(11-13-27)17-19-15-18(2)30-25-19;/h5,7-8,15-16H,4,6,9-14,17H2,1-3H3,(H,23,24);1H. The molecule has 1 N–H and O–H groups in total. The lowest BCUT2D eigenvalue weighted by molar-refractivity contribution is 0.169. The highest BCUT2D eigenvalue weighted by molar-refractivity contribution is 14.0. The van der Waals surface area contributed by atoms with Gasteiger partial charge in [0.1, 0.15) is 17.3 Å². The Labute approximate surface area is 202 Å². The van der Waals surface area contributed by atoms with Gasteiger partial charge in [-0.05, 0) is 26.0 Å². The average Bonchev–Trinajstić information content (AvgIpc) is 3.18. The number of benzene rings is 1. The van der Waals surface area contributed by atoms with Crippen molar-refractivity contribution >= 4 is 29.9 Å². The maximum absolute atomic E-state index is 5.80. The zero-order valence-corrected chi connectivity index (χ0v) is 21.0. The second kappa shape index (κ2) is 13.4. The quantitative estimate of drug-likeness (QED) is 0.226. The number of methoxy groups -OCH3 is 1. The fraction of sp³-hybridized carbons (Fsp3) is 0.545. The molecule has 172 valence electrons. The Morgan fingerprint density at radius 3 is 2.65 bits per heavy atom. The summed E-state index contributed by atoms with van der Waals surface area (Å²) < 4.78 is 16.2. The van der Waals surface area contributed by atoms with Gasteiger partial charge in [0.05, 0.1) is 19.4 Å². The van der Waals surface area contributed by atoms with Crippen LogP contribution in [0.1, 0.15) is 24.8 Å². The predicted octanol–water partition coefficient (Wildman–Crippen LogP) is 3.16. The first-order valence-electron chi connectivity index (χ1n) is 10.6. The minimum Gasteiger partial charge on any atom is -0.497 e. The monoisotopic (exact) mass is 543 g/mol. The fourth-order valence-electron chi connectivity index (χ4n) is 3.40. The molecule has 1 fully saturated rings. The molecule has 0 saturated carbocycles. The van der Waals surface area contributed by atoms with Crippen LogP contribution >= 0.6 is 24.0 Å². The first-order chi connectivity index (χ1) is 14.7. The van der Waals surface area contributed by atoms with E-state index < -0.39 is 0 Å². The molecule has 0 aliphatic carbocycles. The van der Waals surface area contributed by atoms with Gasteiger partial charge in [0.2, 0.25) is 0 Å². The maximum atomic E-state index is 5.80. The Kier molecular flexibility index (Phi) is 10.9. The van der Waals surface area contributed by atoms with Crippen LogP contribution in [0.3, 0.4) is 0 Å². The molecule has 9 heteroatoms. The summed E-state index contributed by atoms with van der Waals surface area (Å²) in [6.07, 6.45) is 0.859. The number of piperazine rings is 1. The molecule has 0 atom stereocenters. The van der Waals surface area contributed by atoms with Gasteiger partial charge in [-0.2, -0.15) is 0 Å². The van der Waals surface area contributed by atoms with Crippen molar-refractivity contribution < 1.29 is 14.0 Å². The van der Waals surface area contributed by atoms with E-state index in [2.05, 4.69) is 27.2 Å². The summed E-state index contributed by atoms with van der Waals surface area (Å²) in [6, 6.07) is 9.68. The van der Waals surface area contributed by atoms with E-state index >= 15 is 0 Å². The average molecular weight is 543 g/mol. The topological polar surface area (TPSA) is 75.4 Å². The fourth-order valence-corrected chi connectivity index (χ4v) is 3.40. The van der Waals surface area contributed by atoms with Gasteiger partial charge in [0.15, 0.2) is 5.96 Å². The summed E-state index contributed by atoms with van der Waals surface area (Å²) in [5.74, 6) is 3.47. The van der Waals surface area contributed by atoms with Gasteiger partial charge in [-0.15, -0.1) is 24.0 Å². The summed E-state index contributed by atoms with van der Waals surface area (Å²) in [5, 5.41) is 7.51. The van der Waals surface area contributed by atoms with E-state index in [1.165, 1.54) is 0 Å². The Morgan fingerprint density at radius 1 is 1.19 bits per heavy atom. The third-order valence-corrected chi connectivity index (χ3v) is 4.94. The zero-order chi connectivity index (χ0) is 21.2. The van der Waals surface area contributed by atoms with Crippen LogP contribution in [0.25, 0.3) is 0 Å². The first-order valence-corrected chi connectivity index (χ1v) is 10.6. The van der Waals surface area contributed by atoms with Crippen molar-refractivity contribution in [3.05, 3.63) is 41.8 Å². The van der Waals surface area contributed by atoms with E-state index in [4.69, 9.17) is 19.0 Å². The Morgan fingerprint density at radius 2 is 1.97 bits per heavy atom. The van der Waals surface area contributed by atoms with Crippen molar-refractivity contribution in [3.63, 3.8) is 0 Å². The predicted molar refractivity (Wildman–Crippen MR) is 133 cm³/mol. The van der Waals surface area contributed by atoms with Crippen molar-refractivity contribution in [2.75, 3.05) is 53.0 Å². The molecule has 0 amide bonds. The van der Waals surface area contributed by atoms with Crippen LogP contribution in [0.4, 0.5) is 0 Å². The molecule has 1 saturated heterocycles. The SMILES string of the molecule is CCNC(=NCCCOc1cccc(OC)c1)N1CCN(Cc2cc(C)on2)CC1.I. The van der Waals surface area contributed by atoms with Crippen LogP contribution < -0.4 is 14.8 Å². The first kappa shape index (κ1) is 25.3. The summed E-state index contributed by atoms with van der Waals surface area (Å²) in [5.41, 5.74) is 0.998. The van der Waals surface area contributed by atoms with E-state index in [0.717, 1.165) is 81.1 Å². The molecule has 0 unspecified atom stereocenters. The van der Waals surface area contributed by atoms with Crippen LogP contribution in [-0.2, 0) is 6.54 Å². The highest BCUT2D eigenvalue weighted by Crippen LogP contribution is 2.18. The highest BCUT2D eigenvalue weighted by Gasteiger charge is 2.20. The molecule has 1 aromatic heterocycles. The van der Waals surface area contributed by atoms with Crippen LogP contribution in [-0.4, -0.2) is 73.9 Å². The van der Waals surface area contributed by atoms with Gasteiger partial charge in [-0.1, -0.05) is 11.2 Å². The van der Waals surface area contributed by atoms with Crippen molar-refractivity contribution in [2.45, 2.75) is 26.8 Å². The van der Waals surface area contributed by atoms with Crippen LogP contribution in [0, 0.1) is 6.92 Å². The number of nitrogens with one attached hydrogen (secondary N) is 1. The number of halogens is 1. The minimum absolute atomic E-state index is 0. The number of hydrogen-bond donors (Lipinski definition) is 1. The number of aryl methyl sites for hydroxylation is 1. The van der Waals surface area contributed by atoms with Gasteiger partial charge in [0, 0.05) is 64.4 Å². The molecule has 0 bridgehead atoms. The second-order valence-corrected chi connectivity index (χ2v) is 7.31. The van der Waals surface area contributed by atoms with Crippen molar-refractivity contribution in [3.8, 4) is 11.5 Å². The zero-order valence-electron chi connectivity index (χ0n) is 18.7. The summed E-state index contributed by atoms with van der Waals surface area (Å²) in [6.45, 7) is 10.9.